The summed E-state index contributed by atoms with van der Waals surface area (Å²) >= 11 is 3.33. The SMILES string of the molecule is CCc1nc2ccc(Br)cc2c(=O)n1N=Cc1cc([N+](=O)[O-])ccc1O[C@H](C)C(=O)O. The minimum absolute atomic E-state index is 0.0758. The van der Waals surface area contributed by atoms with Gasteiger partial charge in [-0.15, -0.1) is 0 Å². The minimum atomic E-state index is -1.20. The van der Waals surface area contributed by atoms with Crippen molar-refractivity contribution in [2.45, 2.75) is 26.4 Å². The molecule has 0 radical (unpaired) electrons. The first-order chi connectivity index (χ1) is 14.7. The third-order valence-electron chi connectivity index (χ3n) is 4.36. The third-order valence-corrected chi connectivity index (χ3v) is 4.85. The Bertz CT molecular complexity index is 1270. The molecule has 2 aromatic carbocycles. The normalized spacial score (nSPS) is 12.2. The van der Waals surface area contributed by atoms with Gasteiger partial charge in [0.2, 0.25) is 0 Å². The summed E-state index contributed by atoms with van der Waals surface area (Å²) in [5.41, 5.74) is 0.0170. The lowest BCUT2D eigenvalue weighted by Gasteiger charge is -2.13. The van der Waals surface area contributed by atoms with E-state index < -0.39 is 22.6 Å². The number of non-ortho nitro benzene ring substituents is 1. The number of hydrogen-bond acceptors (Lipinski definition) is 7. The lowest BCUT2D eigenvalue weighted by atomic mass is 10.2. The maximum absolute atomic E-state index is 13.0. The van der Waals surface area contributed by atoms with Crippen molar-refractivity contribution < 1.29 is 19.6 Å². The van der Waals surface area contributed by atoms with Crippen molar-refractivity contribution in [3.05, 3.63) is 72.7 Å². The van der Waals surface area contributed by atoms with E-state index in [2.05, 4.69) is 26.0 Å². The van der Waals surface area contributed by atoms with Crippen LogP contribution in [0, 0.1) is 10.1 Å². The van der Waals surface area contributed by atoms with Gasteiger partial charge in [0.15, 0.2) is 6.10 Å². The molecular weight excluding hydrogens is 472 g/mol. The van der Waals surface area contributed by atoms with Crippen LogP contribution < -0.4 is 10.3 Å². The van der Waals surface area contributed by atoms with Crippen LogP contribution in [-0.2, 0) is 11.2 Å². The lowest BCUT2D eigenvalue weighted by molar-refractivity contribution is -0.384. The Morgan fingerprint density at radius 1 is 1.39 bits per heavy atom. The first-order valence-corrected chi connectivity index (χ1v) is 9.94. The van der Waals surface area contributed by atoms with Gasteiger partial charge in [-0.2, -0.15) is 9.78 Å². The summed E-state index contributed by atoms with van der Waals surface area (Å²) in [5, 5.41) is 24.8. The Morgan fingerprint density at radius 3 is 2.77 bits per heavy atom. The van der Waals surface area contributed by atoms with E-state index in [1.54, 1.807) is 18.2 Å². The second-order valence-electron chi connectivity index (χ2n) is 6.48. The van der Waals surface area contributed by atoms with E-state index in [-0.39, 0.29) is 17.0 Å². The van der Waals surface area contributed by atoms with Gasteiger partial charge in [0.1, 0.15) is 11.6 Å². The molecule has 0 aliphatic heterocycles. The van der Waals surface area contributed by atoms with Crippen LogP contribution in [-0.4, -0.2) is 38.0 Å². The fraction of sp³-hybridized carbons (Fsp3) is 0.200. The molecule has 0 spiro atoms. The van der Waals surface area contributed by atoms with Gasteiger partial charge in [-0.25, -0.2) is 9.78 Å². The smallest absolute Gasteiger partial charge is 0.344 e. The first kappa shape index (κ1) is 22.1. The zero-order valence-corrected chi connectivity index (χ0v) is 18.1. The van der Waals surface area contributed by atoms with Gasteiger partial charge < -0.3 is 9.84 Å². The summed E-state index contributed by atoms with van der Waals surface area (Å²) in [5.74, 6) is -0.732. The third kappa shape index (κ3) is 4.77. The van der Waals surface area contributed by atoms with Crippen molar-refractivity contribution in [2.75, 3.05) is 0 Å². The fourth-order valence-electron chi connectivity index (χ4n) is 2.76. The topological polar surface area (TPSA) is 137 Å². The summed E-state index contributed by atoms with van der Waals surface area (Å²) < 4.78 is 7.19. The van der Waals surface area contributed by atoms with Crippen LogP contribution in [0.2, 0.25) is 0 Å². The largest absolute Gasteiger partial charge is 0.479 e. The summed E-state index contributed by atoms with van der Waals surface area (Å²) in [7, 11) is 0. The van der Waals surface area contributed by atoms with Crippen molar-refractivity contribution in [2.24, 2.45) is 5.10 Å². The highest BCUT2D eigenvalue weighted by Gasteiger charge is 2.17. The summed E-state index contributed by atoms with van der Waals surface area (Å²) in [6, 6.07) is 8.80. The average Bonchev–Trinajstić information content (AvgIpc) is 2.73. The second kappa shape index (κ2) is 9.04. The maximum Gasteiger partial charge on any atom is 0.344 e. The van der Waals surface area contributed by atoms with Crippen LogP contribution in [0.25, 0.3) is 10.9 Å². The number of nitrogens with zero attached hydrogens (tertiary/aromatic N) is 4. The van der Waals surface area contributed by atoms with E-state index in [0.717, 1.165) is 4.68 Å². The van der Waals surface area contributed by atoms with E-state index in [0.29, 0.717) is 27.6 Å². The molecule has 0 aliphatic rings. The standard InChI is InChI=1S/C20H17BrN4O6/c1-3-18-23-16-6-4-13(21)9-15(16)19(26)24(18)22-10-12-8-14(25(29)30)5-7-17(12)31-11(2)20(27)28/h4-11H,3H2,1-2H3,(H,27,28)/t11-/m1/s1. The molecule has 11 heteroatoms. The number of ether oxygens (including phenoxy) is 1. The Morgan fingerprint density at radius 2 is 2.13 bits per heavy atom. The van der Waals surface area contributed by atoms with E-state index in [9.17, 15) is 19.7 Å². The molecule has 160 valence electrons. The fourth-order valence-corrected chi connectivity index (χ4v) is 3.12. The van der Waals surface area contributed by atoms with Crippen LogP contribution in [0.5, 0.6) is 5.75 Å². The molecule has 0 bridgehead atoms. The molecule has 1 atom stereocenters. The molecule has 0 saturated heterocycles. The van der Waals surface area contributed by atoms with E-state index >= 15 is 0 Å². The highest BCUT2D eigenvalue weighted by Crippen LogP contribution is 2.24. The van der Waals surface area contributed by atoms with Crippen molar-refractivity contribution in [3.8, 4) is 5.75 Å². The van der Waals surface area contributed by atoms with Gasteiger partial charge in [0.25, 0.3) is 11.2 Å². The Hall–Kier alpha value is -3.60. The molecule has 3 rings (SSSR count). The van der Waals surface area contributed by atoms with Gasteiger partial charge in [0.05, 0.1) is 22.0 Å². The number of fused-ring (bicyclic) bond motifs is 1. The number of benzene rings is 2. The van der Waals surface area contributed by atoms with Crippen molar-refractivity contribution >= 4 is 44.7 Å². The number of nitro groups is 1. The number of halogens is 1. The highest BCUT2D eigenvalue weighted by molar-refractivity contribution is 9.10. The Balaban J connectivity index is 2.13. The first-order valence-electron chi connectivity index (χ1n) is 9.14. The quantitative estimate of drug-likeness (QED) is 0.305. The number of aryl methyl sites for hydroxylation is 1. The molecule has 0 fully saturated rings. The predicted octanol–water partition coefficient (Wildman–Crippen LogP) is 3.36. The number of hydrogen-bond donors (Lipinski definition) is 1. The van der Waals surface area contributed by atoms with Crippen LogP contribution in [0.15, 0.2) is 50.8 Å². The van der Waals surface area contributed by atoms with Crippen molar-refractivity contribution in [3.63, 3.8) is 0 Å². The summed E-state index contributed by atoms with van der Waals surface area (Å²) in [6.45, 7) is 3.14. The predicted molar refractivity (Wildman–Crippen MR) is 117 cm³/mol. The molecule has 1 N–H and O–H groups in total. The number of carboxylic acid groups (broad SMARTS) is 1. The van der Waals surface area contributed by atoms with Gasteiger partial charge in [0, 0.05) is 28.6 Å². The molecule has 0 amide bonds. The molecule has 1 heterocycles. The number of rotatable bonds is 7. The van der Waals surface area contributed by atoms with Gasteiger partial charge in [-0.05, 0) is 31.2 Å². The van der Waals surface area contributed by atoms with E-state index in [4.69, 9.17) is 9.84 Å². The van der Waals surface area contributed by atoms with Crippen LogP contribution in [0.1, 0.15) is 25.2 Å². The molecule has 10 nitrogen and oxygen atoms in total. The lowest BCUT2D eigenvalue weighted by Crippen LogP contribution is -2.24. The number of nitro benzene ring substituents is 1. The highest BCUT2D eigenvalue weighted by atomic mass is 79.9. The monoisotopic (exact) mass is 488 g/mol. The zero-order chi connectivity index (χ0) is 22.7. The van der Waals surface area contributed by atoms with Crippen LogP contribution >= 0.6 is 15.9 Å². The van der Waals surface area contributed by atoms with Crippen molar-refractivity contribution in [1.82, 2.24) is 9.66 Å². The number of carboxylic acids is 1. The number of aromatic nitrogens is 2. The van der Waals surface area contributed by atoms with Gasteiger partial charge in [-0.3, -0.25) is 14.9 Å². The molecule has 0 aliphatic carbocycles. The summed E-state index contributed by atoms with van der Waals surface area (Å²) in [4.78, 5) is 39.1. The second-order valence-corrected chi connectivity index (χ2v) is 7.40. The van der Waals surface area contributed by atoms with E-state index in [1.807, 2.05) is 6.92 Å². The van der Waals surface area contributed by atoms with Gasteiger partial charge >= 0.3 is 5.97 Å². The molecular formula is C20H17BrN4O6. The molecule has 0 saturated carbocycles. The Kier molecular flexibility index (Phi) is 6.44. The zero-order valence-electron chi connectivity index (χ0n) is 16.5. The van der Waals surface area contributed by atoms with Crippen molar-refractivity contribution in [1.29, 1.82) is 0 Å². The number of aliphatic carboxylic acids is 1. The average molecular weight is 489 g/mol. The molecule has 3 aromatic rings. The van der Waals surface area contributed by atoms with E-state index in [1.165, 1.54) is 31.3 Å². The van der Waals surface area contributed by atoms with Crippen LogP contribution in [0.4, 0.5) is 5.69 Å². The molecule has 0 unspecified atom stereocenters. The molecule has 1 aromatic heterocycles. The van der Waals surface area contributed by atoms with Gasteiger partial charge in [-0.1, -0.05) is 22.9 Å². The molecule has 31 heavy (non-hydrogen) atoms. The summed E-state index contributed by atoms with van der Waals surface area (Å²) in [6.07, 6.45) is 0.429. The minimum Gasteiger partial charge on any atom is -0.479 e. The number of carbonyl (C=O) groups is 1. The maximum atomic E-state index is 13.0. The van der Waals surface area contributed by atoms with Crippen LogP contribution in [0.3, 0.4) is 0 Å². The Labute approximate surface area is 184 Å².